The summed E-state index contributed by atoms with van der Waals surface area (Å²) in [6, 6.07) is 9.08. The van der Waals surface area contributed by atoms with Gasteiger partial charge in [-0.25, -0.2) is 0 Å². The van der Waals surface area contributed by atoms with E-state index in [0.717, 1.165) is 18.5 Å². The molecule has 7 nitrogen and oxygen atoms in total. The van der Waals surface area contributed by atoms with Crippen molar-refractivity contribution in [2.24, 2.45) is 0 Å². The van der Waals surface area contributed by atoms with E-state index in [4.69, 9.17) is 0 Å². The number of benzene rings is 1. The average molecular weight is 301 g/mol. The molecule has 1 saturated carbocycles. The first-order valence-corrected chi connectivity index (χ1v) is 7.47. The molecule has 1 fully saturated rings. The van der Waals surface area contributed by atoms with Crippen molar-refractivity contribution in [1.29, 1.82) is 0 Å². The summed E-state index contributed by atoms with van der Waals surface area (Å²) in [7, 11) is 0. The summed E-state index contributed by atoms with van der Waals surface area (Å²) in [5.41, 5.74) is -0.428. The Bertz CT molecular complexity index is 649. The van der Waals surface area contributed by atoms with Crippen molar-refractivity contribution < 1.29 is 9.90 Å². The van der Waals surface area contributed by atoms with Crippen LogP contribution in [0.4, 0.5) is 0 Å². The zero-order valence-corrected chi connectivity index (χ0v) is 12.4. The number of amides is 1. The van der Waals surface area contributed by atoms with E-state index >= 15 is 0 Å². The molecule has 116 valence electrons. The summed E-state index contributed by atoms with van der Waals surface area (Å²) < 4.78 is 1.59. The summed E-state index contributed by atoms with van der Waals surface area (Å²) in [5.74, 6) is 0.182. The SMILES string of the molecule is CC(NC(=O)C1(O)CCCC1)c1nnnn1-c1ccccc1. The number of para-hydroxylation sites is 1. The van der Waals surface area contributed by atoms with Gasteiger partial charge < -0.3 is 10.4 Å². The molecule has 0 spiro atoms. The number of aromatic nitrogens is 4. The second-order valence-corrected chi connectivity index (χ2v) is 5.72. The second kappa shape index (κ2) is 5.84. The number of aliphatic hydroxyl groups is 1. The summed E-state index contributed by atoms with van der Waals surface area (Å²) in [4.78, 5) is 12.3. The molecule has 1 heterocycles. The predicted octanol–water partition coefficient (Wildman–Crippen LogP) is 1.14. The highest BCUT2D eigenvalue weighted by molar-refractivity contribution is 5.85. The Morgan fingerprint density at radius 1 is 1.32 bits per heavy atom. The molecule has 22 heavy (non-hydrogen) atoms. The van der Waals surface area contributed by atoms with Crippen LogP contribution in [0.1, 0.15) is 44.5 Å². The van der Waals surface area contributed by atoms with Crippen LogP contribution in [0.2, 0.25) is 0 Å². The van der Waals surface area contributed by atoms with E-state index in [1.54, 1.807) is 11.6 Å². The smallest absolute Gasteiger partial charge is 0.252 e. The van der Waals surface area contributed by atoms with E-state index in [2.05, 4.69) is 20.8 Å². The Hall–Kier alpha value is -2.28. The molecule has 1 aromatic heterocycles. The van der Waals surface area contributed by atoms with Crippen molar-refractivity contribution in [3.05, 3.63) is 36.2 Å². The summed E-state index contributed by atoms with van der Waals surface area (Å²) in [6.45, 7) is 1.81. The lowest BCUT2D eigenvalue weighted by Gasteiger charge is -2.23. The summed E-state index contributed by atoms with van der Waals surface area (Å²) in [5, 5.41) is 24.8. The zero-order valence-electron chi connectivity index (χ0n) is 12.4. The van der Waals surface area contributed by atoms with Crippen LogP contribution in [0.25, 0.3) is 5.69 Å². The Morgan fingerprint density at radius 2 is 2.00 bits per heavy atom. The van der Waals surface area contributed by atoms with Crippen molar-refractivity contribution in [2.45, 2.75) is 44.2 Å². The summed E-state index contributed by atoms with van der Waals surface area (Å²) in [6.07, 6.45) is 2.77. The van der Waals surface area contributed by atoms with Crippen LogP contribution in [-0.2, 0) is 4.79 Å². The number of hydrogen-bond donors (Lipinski definition) is 2. The third kappa shape index (κ3) is 2.71. The highest BCUT2D eigenvalue weighted by Crippen LogP contribution is 2.30. The van der Waals surface area contributed by atoms with Crippen LogP contribution in [-0.4, -0.2) is 36.8 Å². The van der Waals surface area contributed by atoms with Crippen molar-refractivity contribution in [1.82, 2.24) is 25.5 Å². The van der Waals surface area contributed by atoms with Gasteiger partial charge in [0.1, 0.15) is 5.60 Å². The third-order valence-electron chi connectivity index (χ3n) is 4.08. The minimum atomic E-state index is -1.25. The van der Waals surface area contributed by atoms with Gasteiger partial charge in [0.25, 0.3) is 5.91 Å². The van der Waals surface area contributed by atoms with Gasteiger partial charge in [0.05, 0.1) is 11.7 Å². The number of nitrogens with zero attached hydrogens (tertiary/aromatic N) is 4. The first-order valence-electron chi connectivity index (χ1n) is 7.47. The number of hydrogen-bond acceptors (Lipinski definition) is 5. The standard InChI is InChI=1S/C15H19N5O2/c1-11(16-14(21)15(22)9-5-6-10-15)13-17-18-19-20(13)12-7-3-2-4-8-12/h2-4,7-8,11,22H,5-6,9-10H2,1H3,(H,16,21). The molecule has 1 amide bonds. The quantitative estimate of drug-likeness (QED) is 0.883. The first-order chi connectivity index (χ1) is 10.6. The molecule has 2 aromatic rings. The van der Waals surface area contributed by atoms with Crippen molar-refractivity contribution in [3.63, 3.8) is 0 Å². The fraction of sp³-hybridized carbons (Fsp3) is 0.467. The van der Waals surface area contributed by atoms with E-state index in [1.165, 1.54) is 0 Å². The van der Waals surface area contributed by atoms with Crippen molar-refractivity contribution >= 4 is 5.91 Å². The number of nitrogens with one attached hydrogen (secondary N) is 1. The fourth-order valence-corrected chi connectivity index (χ4v) is 2.80. The molecule has 3 rings (SSSR count). The predicted molar refractivity (Wildman–Crippen MR) is 79.1 cm³/mol. The van der Waals surface area contributed by atoms with Gasteiger partial charge in [0.15, 0.2) is 5.82 Å². The van der Waals surface area contributed by atoms with Gasteiger partial charge in [-0.05, 0) is 55.2 Å². The molecule has 1 atom stereocenters. The third-order valence-corrected chi connectivity index (χ3v) is 4.08. The van der Waals surface area contributed by atoms with Gasteiger partial charge in [0, 0.05) is 0 Å². The largest absolute Gasteiger partial charge is 0.380 e. The van der Waals surface area contributed by atoms with E-state index in [1.807, 2.05) is 30.3 Å². The second-order valence-electron chi connectivity index (χ2n) is 5.72. The Morgan fingerprint density at radius 3 is 2.68 bits per heavy atom. The topological polar surface area (TPSA) is 92.9 Å². The maximum absolute atomic E-state index is 12.3. The van der Waals surface area contributed by atoms with E-state index in [-0.39, 0.29) is 5.91 Å². The van der Waals surface area contributed by atoms with E-state index in [0.29, 0.717) is 18.7 Å². The van der Waals surface area contributed by atoms with Gasteiger partial charge in [-0.3, -0.25) is 4.79 Å². The Labute approximate surface area is 128 Å². The molecule has 1 aliphatic rings. The zero-order chi connectivity index (χ0) is 15.6. The lowest BCUT2D eigenvalue weighted by molar-refractivity contribution is -0.139. The molecular weight excluding hydrogens is 282 g/mol. The molecule has 2 N–H and O–H groups in total. The van der Waals surface area contributed by atoms with Gasteiger partial charge in [-0.2, -0.15) is 4.68 Å². The van der Waals surface area contributed by atoms with Crippen LogP contribution in [0, 0.1) is 0 Å². The van der Waals surface area contributed by atoms with Gasteiger partial charge in [-0.1, -0.05) is 18.2 Å². The van der Waals surface area contributed by atoms with Crippen LogP contribution in [0.15, 0.2) is 30.3 Å². The minimum Gasteiger partial charge on any atom is -0.380 e. The highest BCUT2D eigenvalue weighted by atomic mass is 16.3. The maximum atomic E-state index is 12.3. The maximum Gasteiger partial charge on any atom is 0.252 e. The Kier molecular flexibility index (Phi) is 3.89. The first kappa shape index (κ1) is 14.6. The number of rotatable bonds is 4. The van der Waals surface area contributed by atoms with Gasteiger partial charge in [0.2, 0.25) is 0 Å². The molecular formula is C15H19N5O2. The molecule has 1 unspecified atom stereocenters. The highest BCUT2D eigenvalue weighted by Gasteiger charge is 2.39. The average Bonchev–Trinajstić information content (AvgIpc) is 3.17. The van der Waals surface area contributed by atoms with Gasteiger partial charge in [-0.15, -0.1) is 5.10 Å². The van der Waals surface area contributed by atoms with Crippen molar-refractivity contribution in [3.8, 4) is 5.69 Å². The van der Waals surface area contributed by atoms with Crippen molar-refractivity contribution in [2.75, 3.05) is 0 Å². The molecule has 0 radical (unpaired) electrons. The fourth-order valence-electron chi connectivity index (χ4n) is 2.80. The number of carbonyl (C=O) groups excluding carboxylic acids is 1. The number of carbonyl (C=O) groups is 1. The van der Waals surface area contributed by atoms with E-state index < -0.39 is 11.6 Å². The van der Waals surface area contributed by atoms with E-state index in [9.17, 15) is 9.90 Å². The monoisotopic (exact) mass is 301 g/mol. The Balaban J connectivity index is 1.78. The lowest BCUT2D eigenvalue weighted by atomic mass is 10.0. The number of tetrazole rings is 1. The minimum absolute atomic E-state index is 0.347. The molecule has 7 heteroatoms. The molecule has 0 bridgehead atoms. The van der Waals surface area contributed by atoms with Crippen LogP contribution in [0.5, 0.6) is 0 Å². The normalized spacial score (nSPS) is 18.1. The molecule has 1 aromatic carbocycles. The van der Waals surface area contributed by atoms with Crippen LogP contribution in [0.3, 0.4) is 0 Å². The van der Waals surface area contributed by atoms with Gasteiger partial charge >= 0.3 is 0 Å². The lowest BCUT2D eigenvalue weighted by Crippen LogP contribution is -2.45. The molecule has 0 saturated heterocycles. The van der Waals surface area contributed by atoms with Crippen LogP contribution < -0.4 is 5.32 Å². The van der Waals surface area contributed by atoms with Crippen LogP contribution >= 0.6 is 0 Å². The molecule has 0 aliphatic heterocycles. The molecule has 1 aliphatic carbocycles. The summed E-state index contributed by atoms with van der Waals surface area (Å²) >= 11 is 0.